The molecule has 26 heavy (non-hydrogen) atoms. The third-order valence-corrected chi connectivity index (χ3v) is 3.84. The number of benzene rings is 1. The predicted octanol–water partition coefficient (Wildman–Crippen LogP) is 2.30. The molecule has 1 aromatic carbocycles. The van der Waals surface area contributed by atoms with Crippen LogP contribution in [0.4, 0.5) is 4.39 Å². The van der Waals surface area contributed by atoms with Crippen LogP contribution in [-0.4, -0.2) is 40.9 Å². The van der Waals surface area contributed by atoms with E-state index in [0.29, 0.717) is 6.54 Å². The first kappa shape index (κ1) is 16.1. The molecule has 0 amide bonds. The quantitative estimate of drug-likeness (QED) is 0.547. The molecule has 8 nitrogen and oxygen atoms in total. The molecule has 9 heteroatoms. The summed E-state index contributed by atoms with van der Waals surface area (Å²) in [6.07, 6.45) is 3.00. The highest BCUT2D eigenvalue weighted by Gasteiger charge is 2.13. The van der Waals surface area contributed by atoms with Crippen LogP contribution >= 0.6 is 0 Å². The van der Waals surface area contributed by atoms with Crippen molar-refractivity contribution in [2.75, 3.05) is 0 Å². The minimum atomic E-state index is -0.432. The number of tetrazole rings is 1. The van der Waals surface area contributed by atoms with Gasteiger partial charge >= 0.3 is 0 Å². The summed E-state index contributed by atoms with van der Waals surface area (Å²) in [6, 6.07) is 8.42. The van der Waals surface area contributed by atoms with Gasteiger partial charge in [0.2, 0.25) is 0 Å². The second kappa shape index (κ2) is 6.51. The fourth-order valence-corrected chi connectivity index (χ4v) is 2.69. The molecule has 0 saturated carbocycles. The second-order valence-electron chi connectivity index (χ2n) is 6.01. The van der Waals surface area contributed by atoms with E-state index in [1.807, 2.05) is 32.2 Å². The first-order valence-corrected chi connectivity index (χ1v) is 8.09. The van der Waals surface area contributed by atoms with E-state index in [1.165, 1.54) is 17.1 Å². The van der Waals surface area contributed by atoms with Gasteiger partial charge in [0.1, 0.15) is 12.4 Å². The molecule has 4 aromatic rings. The zero-order valence-electron chi connectivity index (χ0n) is 14.2. The van der Waals surface area contributed by atoms with Gasteiger partial charge in [0.25, 0.3) is 0 Å². The maximum absolute atomic E-state index is 14.2. The molecule has 0 aliphatic carbocycles. The van der Waals surface area contributed by atoms with Crippen molar-refractivity contribution in [1.82, 2.24) is 34.8 Å². The Morgan fingerprint density at radius 2 is 2.12 bits per heavy atom. The molecule has 132 valence electrons. The number of halogens is 1. The Balaban J connectivity index is 1.60. The molecule has 0 fully saturated rings. The Labute approximate surface area is 148 Å². The van der Waals surface area contributed by atoms with E-state index < -0.39 is 5.82 Å². The molecule has 0 unspecified atom stereocenters. The minimum Gasteiger partial charge on any atom is -0.486 e. The molecular weight excluding hydrogens is 337 g/mol. The number of aromatic nitrogens is 7. The van der Waals surface area contributed by atoms with Gasteiger partial charge in [-0.25, -0.2) is 18.6 Å². The number of rotatable bonds is 5. The zero-order valence-corrected chi connectivity index (χ0v) is 14.2. The van der Waals surface area contributed by atoms with Crippen molar-refractivity contribution in [2.45, 2.75) is 26.5 Å². The van der Waals surface area contributed by atoms with Crippen LogP contribution in [0.1, 0.15) is 12.6 Å². The van der Waals surface area contributed by atoms with Crippen LogP contribution < -0.4 is 4.74 Å². The molecule has 0 radical (unpaired) electrons. The normalized spacial score (nSPS) is 12.4. The maximum Gasteiger partial charge on any atom is 0.165 e. The number of hydrogen-bond donors (Lipinski definition) is 0. The van der Waals surface area contributed by atoms with Crippen LogP contribution in [0.5, 0.6) is 5.75 Å². The molecule has 1 atom stereocenters. The Hall–Kier alpha value is -3.36. The first-order valence-electron chi connectivity index (χ1n) is 8.09. The first-order chi connectivity index (χ1) is 12.6. The Morgan fingerprint density at radius 3 is 2.92 bits per heavy atom. The van der Waals surface area contributed by atoms with E-state index in [4.69, 9.17) is 4.74 Å². The summed E-state index contributed by atoms with van der Waals surface area (Å²) in [5, 5.41) is 15.2. The molecule has 3 heterocycles. The molecule has 0 aliphatic heterocycles. The van der Waals surface area contributed by atoms with Gasteiger partial charge in [-0.2, -0.15) is 5.10 Å². The smallest absolute Gasteiger partial charge is 0.165 e. The lowest BCUT2D eigenvalue weighted by atomic mass is 10.1. The van der Waals surface area contributed by atoms with Crippen LogP contribution in [0, 0.1) is 12.7 Å². The third kappa shape index (κ3) is 3.23. The van der Waals surface area contributed by atoms with Gasteiger partial charge in [0, 0.05) is 17.8 Å². The second-order valence-corrected chi connectivity index (χ2v) is 6.01. The van der Waals surface area contributed by atoms with E-state index in [1.54, 1.807) is 16.6 Å². The molecule has 0 aliphatic rings. The van der Waals surface area contributed by atoms with Crippen molar-refractivity contribution in [3.8, 4) is 17.0 Å². The van der Waals surface area contributed by atoms with Crippen LogP contribution in [0.3, 0.4) is 0 Å². The van der Waals surface area contributed by atoms with Gasteiger partial charge in [-0.15, -0.1) is 5.10 Å². The summed E-state index contributed by atoms with van der Waals surface area (Å²) < 4.78 is 23.1. The highest BCUT2D eigenvalue weighted by Crippen LogP contribution is 2.26. The van der Waals surface area contributed by atoms with E-state index in [2.05, 4.69) is 25.6 Å². The molecule has 0 saturated heterocycles. The lowest BCUT2D eigenvalue weighted by Crippen LogP contribution is -2.20. The fourth-order valence-electron chi connectivity index (χ4n) is 2.69. The third-order valence-electron chi connectivity index (χ3n) is 3.84. The van der Waals surface area contributed by atoms with Crippen molar-refractivity contribution in [1.29, 1.82) is 0 Å². The summed E-state index contributed by atoms with van der Waals surface area (Å²) in [7, 11) is 0. The molecular formula is C17H16FN7O. The Bertz CT molecular complexity index is 1040. The van der Waals surface area contributed by atoms with E-state index in [-0.39, 0.29) is 11.9 Å². The molecule has 0 bridgehead atoms. The number of aryl methyl sites for hydroxylation is 1. The average Bonchev–Trinajstić information content (AvgIpc) is 3.24. The Morgan fingerprint density at radius 1 is 1.23 bits per heavy atom. The van der Waals surface area contributed by atoms with Crippen LogP contribution in [0.2, 0.25) is 0 Å². The summed E-state index contributed by atoms with van der Waals surface area (Å²) in [6.45, 7) is 4.15. The highest BCUT2D eigenvalue weighted by molar-refractivity contribution is 5.63. The summed E-state index contributed by atoms with van der Waals surface area (Å²) >= 11 is 0. The molecule has 4 rings (SSSR count). The maximum atomic E-state index is 14.2. The largest absolute Gasteiger partial charge is 0.486 e. The van der Waals surface area contributed by atoms with Gasteiger partial charge in [0.15, 0.2) is 17.2 Å². The summed E-state index contributed by atoms with van der Waals surface area (Å²) in [5.41, 5.74) is 3.10. The summed E-state index contributed by atoms with van der Waals surface area (Å²) in [4.78, 5) is 4.57. The topological polar surface area (TPSA) is 83.0 Å². The molecule has 0 N–H and O–H groups in total. The van der Waals surface area contributed by atoms with Gasteiger partial charge in [-0.3, -0.25) is 0 Å². The zero-order chi connectivity index (χ0) is 18.1. The monoisotopic (exact) mass is 353 g/mol. The SMILES string of the molecule is Cc1cc2nc(-c3ccc(F)c(O[C@@H](C)Cn4cnnn4)c3)ccn2n1. The van der Waals surface area contributed by atoms with Gasteiger partial charge in [0.05, 0.1) is 17.9 Å². The highest BCUT2D eigenvalue weighted by atomic mass is 19.1. The summed E-state index contributed by atoms with van der Waals surface area (Å²) in [5.74, 6) is -0.270. The van der Waals surface area contributed by atoms with Crippen LogP contribution in [-0.2, 0) is 6.54 Å². The number of hydrogen-bond acceptors (Lipinski definition) is 6. The van der Waals surface area contributed by atoms with Crippen molar-refractivity contribution >= 4 is 5.65 Å². The van der Waals surface area contributed by atoms with Gasteiger partial charge in [-0.1, -0.05) is 0 Å². The lowest BCUT2D eigenvalue weighted by Gasteiger charge is -2.15. The van der Waals surface area contributed by atoms with Crippen molar-refractivity contribution in [3.63, 3.8) is 0 Å². The van der Waals surface area contributed by atoms with Crippen molar-refractivity contribution in [3.05, 3.63) is 54.4 Å². The van der Waals surface area contributed by atoms with Crippen LogP contribution in [0.25, 0.3) is 16.9 Å². The van der Waals surface area contributed by atoms with Crippen molar-refractivity contribution < 1.29 is 9.13 Å². The van der Waals surface area contributed by atoms with E-state index >= 15 is 0 Å². The van der Waals surface area contributed by atoms with Gasteiger partial charge < -0.3 is 4.74 Å². The van der Waals surface area contributed by atoms with Gasteiger partial charge in [-0.05, 0) is 48.5 Å². The standard InChI is InChI=1S/C17H16FN7O/c1-11-7-17-20-15(5-6-25(17)21-11)13-3-4-14(18)16(8-13)26-12(2)9-24-10-19-22-23-24/h3-8,10,12H,9H2,1-2H3/t12-/m0/s1. The van der Waals surface area contributed by atoms with E-state index in [0.717, 1.165) is 22.6 Å². The Kier molecular flexibility index (Phi) is 4.04. The number of fused-ring (bicyclic) bond motifs is 1. The number of ether oxygens (including phenoxy) is 1. The predicted molar refractivity (Wildman–Crippen MR) is 91.0 cm³/mol. The average molecular weight is 353 g/mol. The fraction of sp³-hybridized carbons (Fsp3) is 0.235. The van der Waals surface area contributed by atoms with Crippen molar-refractivity contribution in [2.24, 2.45) is 0 Å². The van der Waals surface area contributed by atoms with Crippen LogP contribution in [0.15, 0.2) is 42.9 Å². The molecule has 3 aromatic heterocycles. The lowest BCUT2D eigenvalue weighted by molar-refractivity contribution is 0.185. The number of nitrogens with zero attached hydrogens (tertiary/aromatic N) is 7. The molecule has 0 spiro atoms. The minimum absolute atomic E-state index is 0.162. The van der Waals surface area contributed by atoms with E-state index in [9.17, 15) is 4.39 Å².